The maximum absolute atomic E-state index is 14.3. The minimum Gasteiger partial charge on any atom is -0.404 e. The van der Waals surface area contributed by atoms with Gasteiger partial charge in [-0.3, -0.25) is 4.79 Å². The van der Waals surface area contributed by atoms with Crippen LogP contribution in [0.1, 0.15) is 6.42 Å². The van der Waals surface area contributed by atoms with Gasteiger partial charge in [-0.1, -0.05) is 23.8 Å². The molecule has 2 aliphatic carbocycles. The summed E-state index contributed by atoms with van der Waals surface area (Å²) in [6.45, 7) is 0. The molecule has 1 aromatic heterocycles. The van der Waals surface area contributed by atoms with Crippen LogP contribution in [0, 0.1) is 23.6 Å². The van der Waals surface area contributed by atoms with Gasteiger partial charge in [-0.25, -0.2) is 9.37 Å². The summed E-state index contributed by atoms with van der Waals surface area (Å²) in [7, 11) is 0. The van der Waals surface area contributed by atoms with E-state index in [0.717, 1.165) is 18.7 Å². The van der Waals surface area contributed by atoms with Crippen molar-refractivity contribution >= 4 is 35.0 Å². The van der Waals surface area contributed by atoms with Crippen molar-refractivity contribution in [2.75, 3.05) is 10.6 Å². The maximum atomic E-state index is 14.3. The lowest BCUT2D eigenvalue weighted by atomic mass is 9.88. The molecule has 4 unspecified atom stereocenters. The first-order valence-electron chi connectivity index (χ1n) is 9.20. The Kier molecular flexibility index (Phi) is 5.38. The second kappa shape index (κ2) is 7.88. The second-order valence-corrected chi connectivity index (χ2v) is 7.66. The van der Waals surface area contributed by atoms with Crippen LogP contribution >= 0.6 is 11.6 Å². The Morgan fingerprint density at radius 1 is 1.26 bits per heavy atom. The summed E-state index contributed by atoms with van der Waals surface area (Å²) in [6.07, 6.45) is 0.706. The molecule has 12 heteroatoms. The summed E-state index contributed by atoms with van der Waals surface area (Å²) in [5.41, 5.74) is 5.78. The monoisotopic (exact) mass is 457 g/mol. The number of allylic oxidation sites excluding steroid dienone is 1. The van der Waals surface area contributed by atoms with E-state index >= 15 is 0 Å². The summed E-state index contributed by atoms with van der Waals surface area (Å²) in [5.74, 6) is -2.39. The van der Waals surface area contributed by atoms with Gasteiger partial charge in [0.1, 0.15) is 5.75 Å². The lowest BCUT2D eigenvalue weighted by Gasteiger charge is -2.27. The van der Waals surface area contributed by atoms with Gasteiger partial charge in [0.15, 0.2) is 11.6 Å². The lowest BCUT2D eigenvalue weighted by Crippen LogP contribution is -2.41. The molecule has 2 aromatic rings. The Bertz CT molecular complexity index is 1050. The van der Waals surface area contributed by atoms with Crippen molar-refractivity contribution in [2.45, 2.75) is 18.8 Å². The van der Waals surface area contributed by atoms with E-state index < -0.39 is 35.8 Å². The van der Waals surface area contributed by atoms with Crippen molar-refractivity contribution in [3.8, 4) is 5.75 Å². The molecule has 1 fully saturated rings. The number of primary amides is 1. The van der Waals surface area contributed by atoms with Crippen LogP contribution in [0.2, 0.25) is 5.02 Å². The van der Waals surface area contributed by atoms with Crippen LogP contribution in [0.5, 0.6) is 5.75 Å². The SMILES string of the molecule is NC(=O)C1C2C=CC(C2)C1Nc1nc(Nc2ccc(OC(F)(F)F)c(Cl)c2)ncc1F. The Morgan fingerprint density at radius 2 is 2.00 bits per heavy atom. The second-order valence-electron chi connectivity index (χ2n) is 7.25. The van der Waals surface area contributed by atoms with E-state index in [9.17, 15) is 22.4 Å². The smallest absolute Gasteiger partial charge is 0.404 e. The number of nitrogens with two attached hydrogens (primary N) is 1. The van der Waals surface area contributed by atoms with Gasteiger partial charge in [0.05, 0.1) is 17.1 Å². The zero-order chi connectivity index (χ0) is 22.3. The number of halogens is 5. The largest absolute Gasteiger partial charge is 0.573 e. The molecule has 1 saturated carbocycles. The highest BCUT2D eigenvalue weighted by Crippen LogP contribution is 2.45. The van der Waals surface area contributed by atoms with Gasteiger partial charge in [0.25, 0.3) is 0 Å². The van der Waals surface area contributed by atoms with Crippen molar-refractivity contribution in [1.82, 2.24) is 9.97 Å². The van der Waals surface area contributed by atoms with Crippen LogP contribution < -0.4 is 21.1 Å². The summed E-state index contributed by atoms with van der Waals surface area (Å²) in [4.78, 5) is 19.8. The van der Waals surface area contributed by atoms with Crippen LogP contribution in [0.3, 0.4) is 0 Å². The molecule has 2 bridgehead atoms. The van der Waals surface area contributed by atoms with Crippen molar-refractivity contribution in [3.05, 3.63) is 47.4 Å². The van der Waals surface area contributed by atoms with Crippen molar-refractivity contribution in [3.63, 3.8) is 0 Å². The van der Waals surface area contributed by atoms with Crippen LogP contribution in [-0.2, 0) is 4.79 Å². The first kappa shape index (κ1) is 21.2. The van der Waals surface area contributed by atoms with Gasteiger partial charge in [-0.15, -0.1) is 13.2 Å². The number of rotatable bonds is 6. The van der Waals surface area contributed by atoms with Gasteiger partial charge in [0.2, 0.25) is 11.9 Å². The highest BCUT2D eigenvalue weighted by Gasteiger charge is 2.47. The third-order valence-electron chi connectivity index (χ3n) is 5.25. The Hall–Kier alpha value is -3.08. The van der Waals surface area contributed by atoms with Crippen molar-refractivity contribution < 1.29 is 27.1 Å². The number of carbonyl (C=O) groups is 1. The Labute approximate surface area is 178 Å². The molecular weight excluding hydrogens is 442 g/mol. The highest BCUT2D eigenvalue weighted by atomic mass is 35.5. The number of hydrogen-bond acceptors (Lipinski definition) is 6. The number of nitrogens with one attached hydrogen (secondary N) is 2. The van der Waals surface area contributed by atoms with Crippen molar-refractivity contribution in [1.29, 1.82) is 0 Å². The van der Waals surface area contributed by atoms with E-state index in [2.05, 4.69) is 25.3 Å². The molecule has 31 heavy (non-hydrogen) atoms. The van der Waals surface area contributed by atoms with Crippen LogP contribution in [-0.4, -0.2) is 28.3 Å². The predicted octanol–water partition coefficient (Wildman–Crippen LogP) is 4.00. The molecule has 0 saturated heterocycles. The summed E-state index contributed by atoms with van der Waals surface area (Å²) in [6, 6.07) is 3.08. The van der Waals surface area contributed by atoms with E-state index in [0.29, 0.717) is 0 Å². The fourth-order valence-electron chi connectivity index (χ4n) is 4.01. The zero-order valence-electron chi connectivity index (χ0n) is 15.7. The molecule has 0 spiro atoms. The summed E-state index contributed by atoms with van der Waals surface area (Å²) in [5, 5.41) is 5.40. The van der Waals surface area contributed by atoms with E-state index in [1.807, 2.05) is 12.2 Å². The molecule has 164 valence electrons. The Balaban J connectivity index is 1.52. The van der Waals surface area contributed by atoms with Gasteiger partial charge in [-0.2, -0.15) is 4.98 Å². The molecule has 4 atom stereocenters. The molecule has 4 N–H and O–H groups in total. The topological polar surface area (TPSA) is 102 Å². The number of nitrogens with zero attached hydrogens (tertiary/aromatic N) is 2. The van der Waals surface area contributed by atoms with Crippen LogP contribution in [0.25, 0.3) is 0 Å². The molecule has 1 aromatic carbocycles. The Morgan fingerprint density at radius 3 is 2.68 bits per heavy atom. The van der Waals surface area contributed by atoms with Gasteiger partial charge < -0.3 is 21.1 Å². The highest BCUT2D eigenvalue weighted by molar-refractivity contribution is 6.32. The van der Waals surface area contributed by atoms with Crippen LogP contribution in [0.4, 0.5) is 35.0 Å². The molecule has 7 nitrogen and oxygen atoms in total. The standard InChI is InChI=1S/C19H16ClF4N5O2/c20-11-6-10(3-4-13(11)31-19(22,23)24)27-18-26-7-12(21)17(29-18)28-15-9-2-1-8(5-9)14(15)16(25)30/h1-4,6-9,14-15H,5H2,(H2,25,30)(H2,26,27,28,29). The fourth-order valence-corrected chi connectivity index (χ4v) is 4.23. The quantitative estimate of drug-likeness (QED) is 0.447. The number of amides is 1. The number of ether oxygens (including phenoxy) is 1. The molecule has 4 rings (SSSR count). The number of anilines is 3. The first-order chi connectivity index (χ1) is 14.6. The number of carbonyl (C=O) groups excluding carboxylic acids is 1. The average molecular weight is 458 g/mol. The van der Waals surface area contributed by atoms with Gasteiger partial charge in [-0.05, 0) is 36.5 Å². The maximum Gasteiger partial charge on any atom is 0.573 e. The van der Waals surface area contributed by atoms with Gasteiger partial charge in [0, 0.05) is 11.7 Å². The number of benzene rings is 1. The molecule has 2 aliphatic rings. The zero-order valence-corrected chi connectivity index (χ0v) is 16.4. The fraction of sp³-hybridized carbons (Fsp3) is 0.316. The van der Waals surface area contributed by atoms with Gasteiger partial charge >= 0.3 is 6.36 Å². The number of aromatic nitrogens is 2. The van der Waals surface area contributed by atoms with E-state index in [1.54, 1.807) is 0 Å². The molecule has 1 amide bonds. The lowest BCUT2D eigenvalue weighted by molar-refractivity contribution is -0.274. The minimum atomic E-state index is -4.88. The third kappa shape index (κ3) is 4.50. The number of alkyl halides is 3. The summed E-state index contributed by atoms with van der Waals surface area (Å²) >= 11 is 5.82. The predicted molar refractivity (Wildman–Crippen MR) is 104 cm³/mol. The normalized spacial score (nSPS) is 24.3. The minimum absolute atomic E-state index is 0.00191. The van der Waals surface area contributed by atoms with E-state index in [1.165, 1.54) is 12.1 Å². The number of hydrogen-bond donors (Lipinski definition) is 3. The first-order valence-corrected chi connectivity index (χ1v) is 9.57. The average Bonchev–Trinajstić information content (AvgIpc) is 3.27. The summed E-state index contributed by atoms with van der Waals surface area (Å²) < 4.78 is 55.2. The van der Waals surface area contributed by atoms with E-state index in [-0.39, 0.29) is 34.3 Å². The van der Waals surface area contributed by atoms with Crippen LogP contribution in [0.15, 0.2) is 36.5 Å². The number of fused-ring (bicyclic) bond motifs is 2. The van der Waals surface area contributed by atoms with E-state index in [4.69, 9.17) is 17.3 Å². The molecular formula is C19H16ClF4N5O2. The molecule has 0 radical (unpaired) electrons. The third-order valence-corrected chi connectivity index (χ3v) is 5.54. The van der Waals surface area contributed by atoms with Crippen molar-refractivity contribution in [2.24, 2.45) is 23.5 Å². The molecule has 0 aliphatic heterocycles. The molecule has 1 heterocycles.